The highest BCUT2D eigenvalue weighted by atomic mass is 16.5. The Morgan fingerprint density at radius 1 is 1.00 bits per heavy atom. The largest absolute Gasteiger partial charge is 0.497 e. The zero-order valence-electron chi connectivity index (χ0n) is 18.4. The number of nitrogens with zero attached hydrogens (tertiary/aromatic N) is 2. The van der Waals surface area contributed by atoms with E-state index in [1.165, 1.54) is 26.2 Å². The van der Waals surface area contributed by atoms with Crippen LogP contribution in [0.1, 0.15) is 12.8 Å². The summed E-state index contributed by atoms with van der Waals surface area (Å²) in [5.74, 6) is 0.162. The molecule has 0 radical (unpaired) electrons. The minimum atomic E-state index is -0.411. The lowest BCUT2D eigenvalue weighted by molar-refractivity contribution is -0.125. The number of hydrogen-bond acceptors (Lipinski definition) is 7. The zero-order chi connectivity index (χ0) is 23.3. The van der Waals surface area contributed by atoms with E-state index >= 15 is 0 Å². The van der Waals surface area contributed by atoms with E-state index in [0.29, 0.717) is 36.2 Å². The van der Waals surface area contributed by atoms with Crippen molar-refractivity contribution in [2.45, 2.75) is 12.8 Å². The second-order valence-corrected chi connectivity index (χ2v) is 6.62. The van der Waals surface area contributed by atoms with Crippen LogP contribution in [-0.4, -0.2) is 63.7 Å². The van der Waals surface area contributed by atoms with Crippen LogP contribution < -0.4 is 25.0 Å². The van der Waals surface area contributed by atoms with Gasteiger partial charge in [0.05, 0.1) is 26.5 Å². The second kappa shape index (κ2) is 12.9. The maximum Gasteiger partial charge on any atom is 0.240 e. The molecule has 2 aromatic rings. The number of amides is 3. The van der Waals surface area contributed by atoms with Crippen molar-refractivity contribution in [3.8, 4) is 11.5 Å². The van der Waals surface area contributed by atoms with Crippen molar-refractivity contribution in [3.63, 3.8) is 0 Å². The van der Waals surface area contributed by atoms with Crippen molar-refractivity contribution >= 4 is 29.2 Å². The highest BCUT2D eigenvalue weighted by molar-refractivity contribution is 6.02. The molecule has 0 aliphatic carbocycles. The molecular formula is C22H28N4O6. The SMILES string of the molecule is COCCNC(=O)CN(C(=O)CCC(=O)Nc1ccccn1)c1ccc(OC)cc1OC. The number of rotatable bonds is 12. The fourth-order valence-electron chi connectivity index (χ4n) is 2.81. The maximum absolute atomic E-state index is 13.0. The number of benzene rings is 1. The van der Waals surface area contributed by atoms with Gasteiger partial charge < -0.3 is 24.8 Å². The molecule has 0 saturated heterocycles. The van der Waals surface area contributed by atoms with Gasteiger partial charge >= 0.3 is 0 Å². The van der Waals surface area contributed by atoms with E-state index in [1.807, 2.05) is 0 Å². The Kier molecular flexibility index (Phi) is 9.92. The molecule has 0 unspecified atom stereocenters. The minimum Gasteiger partial charge on any atom is -0.497 e. The van der Waals surface area contributed by atoms with Crippen molar-refractivity contribution in [2.75, 3.05) is 51.2 Å². The first-order valence-corrected chi connectivity index (χ1v) is 9.97. The Morgan fingerprint density at radius 3 is 2.47 bits per heavy atom. The summed E-state index contributed by atoms with van der Waals surface area (Å²) in [5, 5.41) is 5.32. The first-order chi connectivity index (χ1) is 15.5. The standard InChI is InChI=1S/C22H28N4O6/c1-30-13-12-24-21(28)15-26(17-8-7-16(31-2)14-18(17)32-3)22(29)10-9-20(27)25-19-6-4-5-11-23-19/h4-8,11,14H,9-10,12-13,15H2,1-3H3,(H,24,28)(H,23,25,27). The Balaban J connectivity index is 2.13. The van der Waals surface area contributed by atoms with Crippen LogP contribution in [-0.2, 0) is 19.1 Å². The summed E-state index contributed by atoms with van der Waals surface area (Å²) in [6.45, 7) is 0.413. The van der Waals surface area contributed by atoms with Crippen LogP contribution in [0.3, 0.4) is 0 Å². The molecule has 3 amide bonds. The van der Waals surface area contributed by atoms with Crippen LogP contribution in [0.2, 0.25) is 0 Å². The van der Waals surface area contributed by atoms with Gasteiger partial charge in [-0.05, 0) is 24.3 Å². The maximum atomic E-state index is 13.0. The minimum absolute atomic E-state index is 0.0737. The predicted molar refractivity (Wildman–Crippen MR) is 119 cm³/mol. The van der Waals surface area contributed by atoms with Crippen LogP contribution in [0.15, 0.2) is 42.6 Å². The highest BCUT2D eigenvalue weighted by Crippen LogP contribution is 2.32. The van der Waals surface area contributed by atoms with E-state index in [0.717, 1.165) is 0 Å². The molecule has 0 atom stereocenters. The lowest BCUT2D eigenvalue weighted by Crippen LogP contribution is -2.42. The third-order valence-electron chi connectivity index (χ3n) is 4.41. The van der Waals surface area contributed by atoms with Gasteiger partial charge in [-0.15, -0.1) is 0 Å². The van der Waals surface area contributed by atoms with Gasteiger partial charge in [0.25, 0.3) is 0 Å². The molecule has 2 rings (SSSR count). The third kappa shape index (κ3) is 7.55. The van der Waals surface area contributed by atoms with Crippen molar-refractivity contribution in [2.24, 2.45) is 0 Å². The Hall–Kier alpha value is -3.66. The number of pyridine rings is 1. The number of hydrogen-bond donors (Lipinski definition) is 2. The lowest BCUT2D eigenvalue weighted by Gasteiger charge is -2.24. The molecule has 1 heterocycles. The monoisotopic (exact) mass is 444 g/mol. The first-order valence-electron chi connectivity index (χ1n) is 9.97. The van der Waals surface area contributed by atoms with Gasteiger partial charge in [0.1, 0.15) is 23.9 Å². The zero-order valence-corrected chi connectivity index (χ0v) is 18.4. The molecule has 10 nitrogen and oxygen atoms in total. The summed E-state index contributed by atoms with van der Waals surface area (Å²) in [6.07, 6.45) is 1.37. The molecule has 2 N–H and O–H groups in total. The second-order valence-electron chi connectivity index (χ2n) is 6.62. The number of aromatic nitrogens is 1. The Morgan fingerprint density at radius 2 is 1.81 bits per heavy atom. The van der Waals surface area contributed by atoms with Crippen LogP contribution in [0.4, 0.5) is 11.5 Å². The number of carbonyl (C=O) groups is 3. The first kappa shape index (κ1) is 24.6. The van der Waals surface area contributed by atoms with Crippen molar-refractivity contribution < 1.29 is 28.6 Å². The van der Waals surface area contributed by atoms with Gasteiger partial charge in [0.15, 0.2) is 0 Å². The molecule has 1 aromatic heterocycles. The Bertz CT molecular complexity index is 907. The van der Waals surface area contributed by atoms with Gasteiger partial charge in [0.2, 0.25) is 17.7 Å². The average molecular weight is 444 g/mol. The molecule has 0 fully saturated rings. The van der Waals surface area contributed by atoms with Gasteiger partial charge in [-0.3, -0.25) is 19.3 Å². The number of ether oxygens (including phenoxy) is 3. The molecule has 0 aliphatic rings. The van der Waals surface area contributed by atoms with E-state index in [-0.39, 0.29) is 31.2 Å². The van der Waals surface area contributed by atoms with Crippen molar-refractivity contribution in [1.29, 1.82) is 0 Å². The van der Waals surface area contributed by atoms with Crippen LogP contribution in [0.25, 0.3) is 0 Å². The molecule has 1 aromatic carbocycles. The van der Waals surface area contributed by atoms with Crippen LogP contribution in [0.5, 0.6) is 11.5 Å². The third-order valence-corrected chi connectivity index (χ3v) is 4.41. The number of carbonyl (C=O) groups excluding carboxylic acids is 3. The fourth-order valence-corrected chi connectivity index (χ4v) is 2.81. The summed E-state index contributed by atoms with van der Waals surface area (Å²) in [6, 6.07) is 10.0. The van der Waals surface area contributed by atoms with Crippen molar-refractivity contribution in [3.05, 3.63) is 42.6 Å². The van der Waals surface area contributed by atoms with E-state index in [2.05, 4.69) is 15.6 Å². The topological polar surface area (TPSA) is 119 Å². The summed E-state index contributed by atoms with van der Waals surface area (Å²) in [7, 11) is 4.50. The summed E-state index contributed by atoms with van der Waals surface area (Å²) in [5.41, 5.74) is 0.394. The van der Waals surface area contributed by atoms with Crippen molar-refractivity contribution in [1.82, 2.24) is 10.3 Å². The molecule has 10 heteroatoms. The van der Waals surface area contributed by atoms with Gasteiger partial charge in [-0.1, -0.05) is 6.07 Å². The molecule has 0 spiro atoms. The molecule has 0 bridgehead atoms. The van der Waals surface area contributed by atoms with E-state index in [1.54, 1.807) is 42.6 Å². The highest BCUT2D eigenvalue weighted by Gasteiger charge is 2.23. The van der Waals surface area contributed by atoms with E-state index < -0.39 is 5.91 Å². The summed E-state index contributed by atoms with van der Waals surface area (Å²) < 4.78 is 15.5. The van der Waals surface area contributed by atoms with Gasteiger partial charge in [0, 0.05) is 38.8 Å². The quantitative estimate of drug-likeness (QED) is 0.478. The average Bonchev–Trinajstić information content (AvgIpc) is 2.81. The number of methoxy groups -OCH3 is 3. The van der Waals surface area contributed by atoms with Gasteiger partial charge in [-0.25, -0.2) is 4.98 Å². The molecule has 0 saturated carbocycles. The Labute approximate surface area is 186 Å². The number of anilines is 2. The summed E-state index contributed by atoms with van der Waals surface area (Å²) >= 11 is 0. The molecular weight excluding hydrogens is 416 g/mol. The molecule has 0 aliphatic heterocycles. The van der Waals surface area contributed by atoms with Gasteiger partial charge in [-0.2, -0.15) is 0 Å². The lowest BCUT2D eigenvalue weighted by atomic mass is 10.2. The smallest absolute Gasteiger partial charge is 0.240 e. The number of nitrogens with one attached hydrogen (secondary N) is 2. The normalized spacial score (nSPS) is 10.2. The molecule has 172 valence electrons. The molecule has 32 heavy (non-hydrogen) atoms. The fraction of sp³-hybridized carbons (Fsp3) is 0.364. The van der Waals surface area contributed by atoms with E-state index in [4.69, 9.17) is 14.2 Å². The van der Waals surface area contributed by atoms with Crippen LogP contribution >= 0.6 is 0 Å². The van der Waals surface area contributed by atoms with E-state index in [9.17, 15) is 14.4 Å². The van der Waals surface area contributed by atoms with Crippen LogP contribution in [0, 0.1) is 0 Å². The predicted octanol–water partition coefficient (Wildman–Crippen LogP) is 1.61. The summed E-state index contributed by atoms with van der Waals surface area (Å²) in [4.78, 5) is 43.0.